The van der Waals surface area contributed by atoms with Crippen molar-refractivity contribution in [3.8, 4) is 0 Å². The van der Waals surface area contributed by atoms with Gasteiger partial charge in [0.05, 0.1) is 6.54 Å². The summed E-state index contributed by atoms with van der Waals surface area (Å²) in [6.07, 6.45) is -0.385. The topological polar surface area (TPSA) is 91.0 Å². The lowest BCUT2D eigenvalue weighted by Crippen LogP contribution is -2.49. The van der Waals surface area contributed by atoms with Gasteiger partial charge in [0.25, 0.3) is 0 Å². The van der Waals surface area contributed by atoms with Gasteiger partial charge in [0, 0.05) is 30.9 Å². The predicted octanol–water partition coefficient (Wildman–Crippen LogP) is 3.35. The first kappa shape index (κ1) is 25.2. The lowest BCUT2D eigenvalue weighted by molar-refractivity contribution is -0.121. The van der Waals surface area contributed by atoms with Crippen molar-refractivity contribution in [1.82, 2.24) is 10.2 Å². The van der Waals surface area contributed by atoms with E-state index in [9.17, 15) is 14.4 Å². The van der Waals surface area contributed by atoms with E-state index in [1.165, 1.54) is 0 Å². The molecule has 1 fully saturated rings. The fourth-order valence-electron chi connectivity index (χ4n) is 3.64. The molecule has 3 amide bonds. The molecule has 0 radical (unpaired) electrons. The summed E-state index contributed by atoms with van der Waals surface area (Å²) in [5.74, 6) is -0.281. The number of aryl methyl sites for hydroxylation is 1. The second kappa shape index (κ2) is 10.7. The fraction of sp³-hybridized carbons (Fsp3) is 0.423. The van der Waals surface area contributed by atoms with E-state index in [2.05, 4.69) is 10.6 Å². The smallest absolute Gasteiger partial charge is 0.408 e. The van der Waals surface area contributed by atoms with E-state index in [1.54, 1.807) is 25.7 Å². The second-order valence-corrected chi connectivity index (χ2v) is 9.71. The van der Waals surface area contributed by atoms with Crippen LogP contribution in [0.4, 0.5) is 16.2 Å². The Morgan fingerprint density at radius 3 is 2.26 bits per heavy atom. The molecule has 0 aromatic heterocycles. The molecule has 34 heavy (non-hydrogen) atoms. The Morgan fingerprint density at radius 1 is 1.03 bits per heavy atom. The number of hydrogen-bond donors (Lipinski definition) is 2. The van der Waals surface area contributed by atoms with Gasteiger partial charge in [-0.3, -0.25) is 14.5 Å². The summed E-state index contributed by atoms with van der Waals surface area (Å²) < 4.78 is 5.36. The zero-order valence-corrected chi connectivity index (χ0v) is 20.6. The number of alkyl carbamates (subject to hydrolysis) is 1. The number of carbonyl (C=O) groups excluding carboxylic acids is 3. The molecule has 8 nitrogen and oxygen atoms in total. The Morgan fingerprint density at radius 2 is 1.68 bits per heavy atom. The molecule has 0 aliphatic carbocycles. The molecular formula is C26H34N4O4. The summed E-state index contributed by atoms with van der Waals surface area (Å²) in [5.41, 5.74) is 2.72. The van der Waals surface area contributed by atoms with Crippen LogP contribution in [0.15, 0.2) is 48.5 Å². The average Bonchev–Trinajstić information content (AvgIpc) is 2.74. The Hall–Kier alpha value is -3.39. The number of likely N-dealkylation sites (N-methyl/N-ethyl adjacent to an activating group) is 1. The van der Waals surface area contributed by atoms with Gasteiger partial charge in [0.15, 0.2) is 0 Å². The number of benzene rings is 2. The highest BCUT2D eigenvalue weighted by Crippen LogP contribution is 2.19. The third-order valence-corrected chi connectivity index (χ3v) is 5.43. The van der Waals surface area contributed by atoms with Gasteiger partial charge in [-0.1, -0.05) is 29.8 Å². The number of nitrogens with one attached hydrogen (secondary N) is 2. The molecule has 1 aliphatic rings. The van der Waals surface area contributed by atoms with Crippen molar-refractivity contribution in [3.05, 3.63) is 59.7 Å². The summed E-state index contributed by atoms with van der Waals surface area (Å²) in [4.78, 5) is 41.6. The number of piperazine rings is 1. The monoisotopic (exact) mass is 466 g/mol. The standard InChI is InChI=1S/C26H34N4O4/c1-18-6-10-20(11-7-18)27-24(32)22(28-25(33)34-26(2,3)4)16-19-8-12-21(13-9-19)30-15-14-29(5)17-23(30)31/h6-13,22H,14-17H2,1-5H3,(H,27,32)(H,28,33). The van der Waals surface area contributed by atoms with Gasteiger partial charge in [-0.2, -0.15) is 0 Å². The van der Waals surface area contributed by atoms with Crippen molar-refractivity contribution in [2.24, 2.45) is 0 Å². The molecule has 2 N–H and O–H groups in total. The van der Waals surface area contributed by atoms with Gasteiger partial charge in [-0.25, -0.2) is 4.79 Å². The van der Waals surface area contributed by atoms with Gasteiger partial charge < -0.3 is 20.3 Å². The first-order valence-electron chi connectivity index (χ1n) is 11.4. The lowest BCUT2D eigenvalue weighted by Gasteiger charge is -2.32. The molecule has 2 aromatic rings. The Kier molecular flexibility index (Phi) is 7.94. The van der Waals surface area contributed by atoms with Gasteiger partial charge in [-0.05, 0) is 64.6 Å². The minimum Gasteiger partial charge on any atom is -0.444 e. The number of carbonyl (C=O) groups is 3. The highest BCUT2D eigenvalue weighted by Gasteiger charge is 2.26. The molecular weight excluding hydrogens is 432 g/mol. The normalized spacial score (nSPS) is 15.6. The molecule has 182 valence electrons. The van der Waals surface area contributed by atoms with Crippen molar-refractivity contribution in [2.45, 2.75) is 45.8 Å². The van der Waals surface area contributed by atoms with Gasteiger partial charge in [-0.15, -0.1) is 0 Å². The number of anilines is 2. The Bertz CT molecular complexity index is 1010. The third-order valence-electron chi connectivity index (χ3n) is 5.43. The largest absolute Gasteiger partial charge is 0.444 e. The molecule has 1 saturated heterocycles. The minimum absolute atomic E-state index is 0.0587. The van der Waals surface area contributed by atoms with Crippen LogP contribution >= 0.6 is 0 Å². The molecule has 0 spiro atoms. The van der Waals surface area contributed by atoms with E-state index >= 15 is 0 Å². The number of nitrogens with zero attached hydrogens (tertiary/aromatic N) is 2. The fourth-order valence-corrected chi connectivity index (χ4v) is 3.64. The quantitative estimate of drug-likeness (QED) is 0.681. The van der Waals surface area contributed by atoms with E-state index < -0.39 is 17.7 Å². The third kappa shape index (κ3) is 7.31. The van der Waals surface area contributed by atoms with Crippen molar-refractivity contribution >= 4 is 29.3 Å². The van der Waals surface area contributed by atoms with E-state index in [1.807, 2.05) is 67.4 Å². The van der Waals surface area contributed by atoms with Crippen molar-refractivity contribution in [2.75, 3.05) is 36.9 Å². The number of rotatable bonds is 6. The molecule has 1 heterocycles. The molecule has 1 aliphatic heterocycles. The summed E-state index contributed by atoms with van der Waals surface area (Å²) in [5, 5.41) is 5.56. The van der Waals surface area contributed by atoms with Crippen molar-refractivity contribution in [1.29, 1.82) is 0 Å². The average molecular weight is 467 g/mol. The van der Waals surface area contributed by atoms with E-state index in [4.69, 9.17) is 4.74 Å². The molecule has 3 rings (SSSR count). The zero-order chi connectivity index (χ0) is 24.9. The second-order valence-electron chi connectivity index (χ2n) is 9.71. The SMILES string of the molecule is Cc1ccc(NC(=O)C(Cc2ccc(N3CCN(C)CC3=O)cc2)NC(=O)OC(C)(C)C)cc1. The van der Waals surface area contributed by atoms with Crippen LogP contribution < -0.4 is 15.5 Å². The molecule has 0 bridgehead atoms. The van der Waals surface area contributed by atoms with Crippen LogP contribution in [0.5, 0.6) is 0 Å². The number of amides is 3. The molecule has 8 heteroatoms. The van der Waals surface area contributed by atoms with Gasteiger partial charge in [0.2, 0.25) is 11.8 Å². The summed E-state index contributed by atoms with van der Waals surface area (Å²) in [6.45, 7) is 9.12. The molecule has 1 atom stereocenters. The van der Waals surface area contributed by atoms with E-state index in [0.29, 0.717) is 18.8 Å². The summed E-state index contributed by atoms with van der Waals surface area (Å²) in [7, 11) is 1.93. The van der Waals surface area contributed by atoms with E-state index in [0.717, 1.165) is 23.4 Å². The number of ether oxygens (including phenoxy) is 1. The summed E-state index contributed by atoms with van der Waals surface area (Å²) >= 11 is 0. The predicted molar refractivity (Wildman–Crippen MR) is 133 cm³/mol. The Balaban J connectivity index is 1.73. The highest BCUT2D eigenvalue weighted by atomic mass is 16.6. The maximum atomic E-state index is 13.1. The van der Waals surface area contributed by atoms with Crippen LogP contribution in [-0.4, -0.2) is 61.1 Å². The van der Waals surface area contributed by atoms with Crippen LogP contribution in [-0.2, 0) is 20.7 Å². The van der Waals surface area contributed by atoms with Crippen LogP contribution in [0.2, 0.25) is 0 Å². The molecule has 2 aromatic carbocycles. The minimum atomic E-state index is -0.840. The van der Waals surface area contributed by atoms with Gasteiger partial charge in [0.1, 0.15) is 11.6 Å². The van der Waals surface area contributed by atoms with Crippen LogP contribution in [0, 0.1) is 6.92 Å². The maximum Gasteiger partial charge on any atom is 0.408 e. The van der Waals surface area contributed by atoms with Crippen LogP contribution in [0.25, 0.3) is 0 Å². The molecule has 0 saturated carbocycles. The highest BCUT2D eigenvalue weighted by molar-refractivity contribution is 5.97. The Labute approximate surface area is 201 Å². The van der Waals surface area contributed by atoms with Crippen LogP contribution in [0.3, 0.4) is 0 Å². The number of hydrogen-bond acceptors (Lipinski definition) is 5. The zero-order valence-electron chi connectivity index (χ0n) is 20.6. The first-order chi connectivity index (χ1) is 16.0. The maximum absolute atomic E-state index is 13.1. The lowest BCUT2D eigenvalue weighted by atomic mass is 10.0. The van der Waals surface area contributed by atoms with E-state index in [-0.39, 0.29) is 18.2 Å². The van der Waals surface area contributed by atoms with Crippen molar-refractivity contribution in [3.63, 3.8) is 0 Å². The first-order valence-corrected chi connectivity index (χ1v) is 11.4. The summed E-state index contributed by atoms with van der Waals surface area (Å²) in [6, 6.07) is 14.1. The van der Waals surface area contributed by atoms with Crippen LogP contribution in [0.1, 0.15) is 31.9 Å². The van der Waals surface area contributed by atoms with Crippen molar-refractivity contribution < 1.29 is 19.1 Å². The van der Waals surface area contributed by atoms with Gasteiger partial charge >= 0.3 is 6.09 Å². The molecule has 1 unspecified atom stereocenters.